The highest BCUT2D eigenvalue weighted by Gasteiger charge is 2.11. The minimum Gasteiger partial charge on any atom is -0.486 e. The molecule has 0 saturated carbocycles. The number of hydrogen-bond donors (Lipinski definition) is 2. The monoisotopic (exact) mass is 278 g/mol. The second kappa shape index (κ2) is 7.14. The van der Waals surface area contributed by atoms with Crippen LogP contribution in [0.25, 0.3) is 0 Å². The second-order valence-corrected chi connectivity index (χ2v) is 5.13. The molecule has 5 nitrogen and oxygen atoms in total. The first-order valence-corrected chi connectivity index (χ1v) is 7.04. The third-order valence-electron chi connectivity index (χ3n) is 2.91. The number of amides is 1. The Balaban J connectivity index is 1.73. The fourth-order valence-electron chi connectivity index (χ4n) is 2.03. The Hall–Kier alpha value is -1.75. The number of rotatable bonds is 6. The van der Waals surface area contributed by atoms with Gasteiger partial charge in [0.2, 0.25) is 5.91 Å². The lowest BCUT2D eigenvalue weighted by Crippen LogP contribution is -2.32. The molecule has 0 spiro atoms. The molecular formula is C15H22N2O3. The lowest BCUT2D eigenvalue weighted by Gasteiger charge is -2.19. The molecule has 0 aliphatic carbocycles. The summed E-state index contributed by atoms with van der Waals surface area (Å²) in [6.07, 6.45) is 0.489. The molecule has 2 rings (SSSR count). The molecule has 0 unspecified atom stereocenters. The summed E-state index contributed by atoms with van der Waals surface area (Å²) in [5.41, 5.74) is 1.12. The third kappa shape index (κ3) is 4.42. The van der Waals surface area contributed by atoms with Crippen LogP contribution in [0.2, 0.25) is 0 Å². The number of carbonyl (C=O) groups is 1. The molecule has 0 fully saturated rings. The van der Waals surface area contributed by atoms with Gasteiger partial charge in [-0.3, -0.25) is 4.79 Å². The van der Waals surface area contributed by atoms with Gasteiger partial charge in [0.25, 0.3) is 0 Å². The van der Waals surface area contributed by atoms with E-state index >= 15 is 0 Å². The maximum atomic E-state index is 11.5. The van der Waals surface area contributed by atoms with Gasteiger partial charge in [0.05, 0.1) is 0 Å². The van der Waals surface area contributed by atoms with Gasteiger partial charge in [-0.1, -0.05) is 6.07 Å². The summed E-state index contributed by atoms with van der Waals surface area (Å²) in [5.74, 6) is 1.68. The van der Waals surface area contributed by atoms with Crippen LogP contribution in [0, 0.1) is 0 Å². The van der Waals surface area contributed by atoms with E-state index in [0.29, 0.717) is 32.7 Å². The van der Waals surface area contributed by atoms with Gasteiger partial charge in [0, 0.05) is 25.6 Å². The molecule has 5 heteroatoms. The van der Waals surface area contributed by atoms with Gasteiger partial charge in [-0.05, 0) is 31.5 Å². The number of carbonyl (C=O) groups excluding carboxylic acids is 1. The third-order valence-corrected chi connectivity index (χ3v) is 2.91. The molecular weight excluding hydrogens is 256 g/mol. The minimum atomic E-state index is 0.0784. The zero-order chi connectivity index (χ0) is 14.4. The van der Waals surface area contributed by atoms with Crippen LogP contribution in [0.5, 0.6) is 11.5 Å². The van der Waals surface area contributed by atoms with Gasteiger partial charge in [0.1, 0.15) is 13.2 Å². The Morgan fingerprint density at radius 2 is 2.00 bits per heavy atom. The van der Waals surface area contributed by atoms with Crippen LogP contribution in [0.3, 0.4) is 0 Å². The first kappa shape index (κ1) is 14.7. The minimum absolute atomic E-state index is 0.0784. The van der Waals surface area contributed by atoms with Crippen molar-refractivity contribution in [3.05, 3.63) is 23.8 Å². The van der Waals surface area contributed by atoms with Crippen LogP contribution in [0.15, 0.2) is 18.2 Å². The van der Waals surface area contributed by atoms with Gasteiger partial charge >= 0.3 is 0 Å². The van der Waals surface area contributed by atoms with Crippen LogP contribution in [-0.2, 0) is 11.3 Å². The molecule has 1 aliphatic rings. The van der Waals surface area contributed by atoms with Crippen molar-refractivity contribution in [2.75, 3.05) is 19.8 Å². The maximum absolute atomic E-state index is 11.5. The Morgan fingerprint density at radius 1 is 1.25 bits per heavy atom. The van der Waals surface area contributed by atoms with E-state index in [2.05, 4.69) is 10.6 Å². The van der Waals surface area contributed by atoms with Crippen LogP contribution < -0.4 is 20.1 Å². The van der Waals surface area contributed by atoms with Crippen LogP contribution >= 0.6 is 0 Å². The van der Waals surface area contributed by atoms with Crippen molar-refractivity contribution < 1.29 is 14.3 Å². The Bertz CT molecular complexity index is 460. The summed E-state index contributed by atoms with van der Waals surface area (Å²) < 4.78 is 11.0. The average Bonchev–Trinajstić information content (AvgIpc) is 2.43. The van der Waals surface area contributed by atoms with Gasteiger partial charge in [-0.2, -0.15) is 0 Å². The van der Waals surface area contributed by atoms with Gasteiger partial charge in [-0.25, -0.2) is 0 Å². The molecule has 0 aromatic heterocycles. The van der Waals surface area contributed by atoms with E-state index in [1.165, 1.54) is 0 Å². The van der Waals surface area contributed by atoms with E-state index < -0.39 is 0 Å². The standard InChI is InChI=1S/C15H22N2O3/c1-11(2)17-15(18)5-6-16-10-12-3-4-13-14(9-12)20-8-7-19-13/h3-4,9,11,16H,5-8,10H2,1-2H3,(H,17,18). The molecule has 0 saturated heterocycles. The summed E-state index contributed by atoms with van der Waals surface area (Å²) in [4.78, 5) is 11.5. The van der Waals surface area contributed by atoms with Gasteiger partial charge in [0.15, 0.2) is 11.5 Å². The molecule has 0 atom stereocenters. The first-order chi connectivity index (χ1) is 9.65. The molecule has 0 radical (unpaired) electrons. The summed E-state index contributed by atoms with van der Waals surface area (Å²) in [7, 11) is 0. The average molecular weight is 278 g/mol. The quantitative estimate of drug-likeness (QED) is 0.774. The van der Waals surface area contributed by atoms with Crippen molar-refractivity contribution in [3.8, 4) is 11.5 Å². The van der Waals surface area contributed by atoms with Crippen molar-refractivity contribution in [3.63, 3.8) is 0 Å². The van der Waals surface area contributed by atoms with E-state index in [-0.39, 0.29) is 11.9 Å². The van der Waals surface area contributed by atoms with E-state index in [9.17, 15) is 4.79 Å². The zero-order valence-electron chi connectivity index (χ0n) is 12.1. The molecule has 0 bridgehead atoms. The Morgan fingerprint density at radius 3 is 2.75 bits per heavy atom. The Labute approximate surface area is 119 Å². The van der Waals surface area contributed by atoms with Gasteiger partial charge in [-0.15, -0.1) is 0 Å². The smallest absolute Gasteiger partial charge is 0.221 e. The second-order valence-electron chi connectivity index (χ2n) is 5.13. The maximum Gasteiger partial charge on any atom is 0.221 e. The first-order valence-electron chi connectivity index (χ1n) is 7.04. The fraction of sp³-hybridized carbons (Fsp3) is 0.533. The molecule has 110 valence electrons. The number of hydrogen-bond acceptors (Lipinski definition) is 4. The van der Waals surface area contributed by atoms with E-state index in [4.69, 9.17) is 9.47 Å². The zero-order valence-corrected chi connectivity index (χ0v) is 12.1. The normalized spacial score (nSPS) is 13.3. The predicted molar refractivity (Wildman–Crippen MR) is 77.0 cm³/mol. The highest BCUT2D eigenvalue weighted by atomic mass is 16.6. The van der Waals surface area contributed by atoms with Crippen LogP contribution in [0.4, 0.5) is 0 Å². The summed E-state index contributed by atoms with van der Waals surface area (Å²) >= 11 is 0. The SMILES string of the molecule is CC(C)NC(=O)CCNCc1ccc2c(c1)OCCO2. The molecule has 1 heterocycles. The van der Waals surface area contributed by atoms with Crippen molar-refractivity contribution in [2.24, 2.45) is 0 Å². The number of fused-ring (bicyclic) bond motifs is 1. The molecule has 1 amide bonds. The van der Waals surface area contributed by atoms with Crippen molar-refractivity contribution in [1.29, 1.82) is 0 Å². The predicted octanol–water partition coefficient (Wildman–Crippen LogP) is 1.46. The summed E-state index contributed by atoms with van der Waals surface area (Å²) in [5, 5.41) is 6.12. The number of nitrogens with one attached hydrogen (secondary N) is 2. The van der Waals surface area contributed by atoms with Crippen molar-refractivity contribution in [2.45, 2.75) is 32.9 Å². The lowest BCUT2D eigenvalue weighted by molar-refractivity contribution is -0.121. The molecule has 2 N–H and O–H groups in total. The van der Waals surface area contributed by atoms with Crippen LogP contribution in [0.1, 0.15) is 25.8 Å². The Kier molecular flexibility index (Phi) is 5.24. The van der Waals surface area contributed by atoms with E-state index in [0.717, 1.165) is 17.1 Å². The largest absolute Gasteiger partial charge is 0.486 e. The summed E-state index contributed by atoms with van der Waals surface area (Å²) in [6, 6.07) is 6.11. The number of ether oxygens (including phenoxy) is 2. The van der Waals surface area contributed by atoms with E-state index in [1.807, 2.05) is 32.0 Å². The van der Waals surface area contributed by atoms with E-state index in [1.54, 1.807) is 0 Å². The highest BCUT2D eigenvalue weighted by Crippen LogP contribution is 2.30. The highest BCUT2D eigenvalue weighted by molar-refractivity contribution is 5.76. The van der Waals surface area contributed by atoms with Crippen LogP contribution in [-0.4, -0.2) is 31.7 Å². The molecule has 20 heavy (non-hydrogen) atoms. The van der Waals surface area contributed by atoms with Crippen molar-refractivity contribution in [1.82, 2.24) is 10.6 Å². The fourth-order valence-corrected chi connectivity index (χ4v) is 2.03. The molecule has 1 aromatic rings. The molecule has 1 aromatic carbocycles. The van der Waals surface area contributed by atoms with Crippen molar-refractivity contribution >= 4 is 5.91 Å². The molecule has 1 aliphatic heterocycles. The lowest BCUT2D eigenvalue weighted by atomic mass is 10.2. The summed E-state index contributed by atoms with van der Waals surface area (Å²) in [6.45, 7) is 6.49. The number of benzene rings is 1. The van der Waals surface area contributed by atoms with Gasteiger partial charge < -0.3 is 20.1 Å². The topological polar surface area (TPSA) is 59.6 Å².